The van der Waals surface area contributed by atoms with Gasteiger partial charge in [0.1, 0.15) is 5.02 Å². The van der Waals surface area contributed by atoms with Gasteiger partial charge in [0.05, 0.1) is 0 Å². The molecule has 0 unspecified atom stereocenters. The number of anilines is 1. The predicted molar refractivity (Wildman–Crippen MR) is 111 cm³/mol. The molecule has 0 aliphatic carbocycles. The minimum Gasteiger partial charge on any atom is -0.370 e. The van der Waals surface area contributed by atoms with E-state index in [9.17, 15) is 14.4 Å². The quantitative estimate of drug-likeness (QED) is 0.507. The Kier molecular flexibility index (Phi) is 7.83. The predicted octanol–water partition coefficient (Wildman–Crippen LogP) is 3.26. The van der Waals surface area contributed by atoms with Crippen LogP contribution in [0.5, 0.6) is 0 Å². The summed E-state index contributed by atoms with van der Waals surface area (Å²) in [7, 11) is 0. The minimum atomic E-state index is -0.378. The molecule has 0 saturated carbocycles. The molecule has 8 heteroatoms. The van der Waals surface area contributed by atoms with Crippen molar-refractivity contribution in [2.24, 2.45) is 5.73 Å². The van der Waals surface area contributed by atoms with E-state index in [0.29, 0.717) is 30.8 Å². The molecule has 3 amide bonds. The number of unbranched alkanes of at least 4 members (excludes halogenated alkanes) is 1. The van der Waals surface area contributed by atoms with Crippen molar-refractivity contribution in [2.75, 3.05) is 11.9 Å². The Morgan fingerprint density at radius 1 is 1.18 bits per heavy atom. The van der Waals surface area contributed by atoms with E-state index in [1.54, 1.807) is 18.2 Å². The van der Waals surface area contributed by atoms with E-state index < -0.39 is 0 Å². The van der Waals surface area contributed by atoms with Gasteiger partial charge in [-0.05, 0) is 49.6 Å². The molecule has 0 radical (unpaired) electrons. The molecule has 5 N–H and O–H groups in total. The van der Waals surface area contributed by atoms with Crippen molar-refractivity contribution < 1.29 is 9.59 Å². The summed E-state index contributed by atoms with van der Waals surface area (Å²) in [4.78, 5) is 37.2. The number of hydrogen-bond acceptors (Lipinski definition) is 3. The molecule has 1 heterocycles. The van der Waals surface area contributed by atoms with Crippen molar-refractivity contribution >= 4 is 34.8 Å². The van der Waals surface area contributed by atoms with E-state index in [1.165, 1.54) is 6.07 Å². The highest BCUT2D eigenvalue weighted by Gasteiger charge is 2.09. The highest BCUT2D eigenvalue weighted by atomic mass is 35.5. The third kappa shape index (κ3) is 6.28. The van der Waals surface area contributed by atoms with Gasteiger partial charge < -0.3 is 21.4 Å². The van der Waals surface area contributed by atoms with Crippen LogP contribution < -0.4 is 21.9 Å². The number of allylic oxidation sites excluding steroid dienone is 1. The van der Waals surface area contributed by atoms with Gasteiger partial charge in [-0.3, -0.25) is 9.59 Å². The van der Waals surface area contributed by atoms with Gasteiger partial charge in [-0.1, -0.05) is 29.8 Å². The molecule has 0 saturated heterocycles. The number of H-pyrrole nitrogens is 1. The lowest BCUT2D eigenvalue weighted by Crippen LogP contribution is -2.28. The first-order valence-corrected chi connectivity index (χ1v) is 9.31. The van der Waals surface area contributed by atoms with Crippen LogP contribution >= 0.6 is 11.6 Å². The molecule has 1 aromatic carbocycles. The highest BCUT2D eigenvalue weighted by molar-refractivity contribution is 6.30. The molecular formula is C20H23ClN4O3. The SMILES string of the molecule is CCNC(=O)Nc1ccc(/C(=C\CCCC(N)=O)c2ccc(Cl)c(=O)[nH]2)cc1. The average molecular weight is 403 g/mol. The van der Waals surface area contributed by atoms with Crippen LogP contribution in [0.2, 0.25) is 5.02 Å². The number of pyridine rings is 1. The highest BCUT2D eigenvalue weighted by Crippen LogP contribution is 2.24. The lowest BCUT2D eigenvalue weighted by atomic mass is 9.99. The van der Waals surface area contributed by atoms with E-state index in [2.05, 4.69) is 15.6 Å². The molecule has 7 nitrogen and oxygen atoms in total. The van der Waals surface area contributed by atoms with E-state index in [1.807, 2.05) is 25.1 Å². The maximum absolute atomic E-state index is 11.9. The van der Waals surface area contributed by atoms with Gasteiger partial charge in [-0.2, -0.15) is 0 Å². The summed E-state index contributed by atoms with van der Waals surface area (Å²) in [5.74, 6) is -0.351. The van der Waals surface area contributed by atoms with Crippen LogP contribution in [-0.4, -0.2) is 23.5 Å². The number of nitrogens with two attached hydrogens (primary N) is 1. The second kappa shape index (κ2) is 10.3. The second-order valence-corrected chi connectivity index (χ2v) is 6.49. The van der Waals surface area contributed by atoms with Crippen molar-refractivity contribution in [1.29, 1.82) is 0 Å². The Hall–Kier alpha value is -3.06. The fraction of sp³-hybridized carbons (Fsp3) is 0.250. The first-order chi connectivity index (χ1) is 13.4. The number of nitrogens with one attached hydrogen (secondary N) is 3. The zero-order chi connectivity index (χ0) is 20.5. The second-order valence-electron chi connectivity index (χ2n) is 6.09. The monoisotopic (exact) mass is 402 g/mol. The minimum absolute atomic E-state index is 0.110. The number of primary amides is 1. The van der Waals surface area contributed by atoms with Crippen molar-refractivity contribution in [1.82, 2.24) is 10.3 Å². The Morgan fingerprint density at radius 3 is 2.50 bits per heavy atom. The summed E-state index contributed by atoms with van der Waals surface area (Å²) in [6, 6.07) is 10.2. The lowest BCUT2D eigenvalue weighted by molar-refractivity contribution is -0.118. The van der Waals surface area contributed by atoms with E-state index in [-0.39, 0.29) is 28.9 Å². The molecule has 0 bridgehead atoms. The standard InChI is InChI=1S/C20H23ClN4O3/c1-2-23-20(28)24-14-9-7-13(8-10-14)15(5-3-4-6-18(22)26)17-12-11-16(21)19(27)25-17/h5,7-12H,2-4,6H2,1H3,(H2,22,26)(H,25,27)(H2,23,24,28)/b15-5+. The average Bonchev–Trinajstić information content (AvgIpc) is 2.65. The third-order valence-corrected chi connectivity index (χ3v) is 4.22. The molecule has 0 aliphatic heterocycles. The molecule has 0 fully saturated rings. The number of carbonyl (C=O) groups excluding carboxylic acids is 2. The Bertz CT molecular complexity index is 920. The van der Waals surface area contributed by atoms with Gasteiger partial charge in [0.2, 0.25) is 5.91 Å². The summed E-state index contributed by atoms with van der Waals surface area (Å²) in [6.45, 7) is 2.37. The molecule has 2 aromatic rings. The van der Waals surface area contributed by atoms with Crippen LogP contribution in [0, 0.1) is 0 Å². The fourth-order valence-electron chi connectivity index (χ4n) is 2.59. The summed E-state index contributed by atoms with van der Waals surface area (Å²) < 4.78 is 0. The van der Waals surface area contributed by atoms with Gasteiger partial charge in [-0.25, -0.2) is 4.79 Å². The van der Waals surface area contributed by atoms with Crippen LogP contribution in [0.4, 0.5) is 10.5 Å². The first kappa shape index (κ1) is 21.2. The smallest absolute Gasteiger partial charge is 0.319 e. The number of benzene rings is 1. The number of aromatic amines is 1. The maximum atomic E-state index is 11.9. The maximum Gasteiger partial charge on any atom is 0.319 e. The number of urea groups is 1. The van der Waals surface area contributed by atoms with E-state index >= 15 is 0 Å². The fourth-order valence-corrected chi connectivity index (χ4v) is 2.70. The molecule has 0 spiro atoms. The molecule has 0 atom stereocenters. The number of rotatable bonds is 8. The normalized spacial score (nSPS) is 11.1. The topological polar surface area (TPSA) is 117 Å². The van der Waals surface area contributed by atoms with Crippen molar-refractivity contribution in [3.8, 4) is 0 Å². The van der Waals surface area contributed by atoms with Gasteiger partial charge in [0.25, 0.3) is 5.56 Å². The zero-order valence-corrected chi connectivity index (χ0v) is 16.3. The van der Waals surface area contributed by atoms with Crippen molar-refractivity contribution in [3.63, 3.8) is 0 Å². The number of amides is 3. The lowest BCUT2D eigenvalue weighted by Gasteiger charge is -2.11. The Balaban J connectivity index is 2.28. The largest absolute Gasteiger partial charge is 0.370 e. The summed E-state index contributed by atoms with van der Waals surface area (Å²) in [6.07, 6.45) is 3.44. The third-order valence-electron chi connectivity index (χ3n) is 3.92. The van der Waals surface area contributed by atoms with Gasteiger partial charge in [0.15, 0.2) is 0 Å². The zero-order valence-electron chi connectivity index (χ0n) is 15.5. The summed E-state index contributed by atoms with van der Waals surface area (Å²) >= 11 is 5.83. The molecule has 2 rings (SSSR count). The number of halogens is 1. The van der Waals surface area contributed by atoms with Crippen molar-refractivity contribution in [3.05, 3.63) is 69.1 Å². The number of hydrogen-bond donors (Lipinski definition) is 4. The van der Waals surface area contributed by atoms with Crippen LogP contribution in [0.3, 0.4) is 0 Å². The number of carbonyl (C=O) groups is 2. The molecular weight excluding hydrogens is 380 g/mol. The Morgan fingerprint density at radius 2 is 1.89 bits per heavy atom. The molecule has 0 aliphatic rings. The first-order valence-electron chi connectivity index (χ1n) is 8.93. The van der Waals surface area contributed by atoms with Crippen LogP contribution in [0.25, 0.3) is 5.57 Å². The summed E-state index contributed by atoms with van der Waals surface area (Å²) in [5.41, 5.74) is 7.70. The Labute approximate surface area is 168 Å². The van der Waals surface area contributed by atoms with Crippen LogP contribution in [0.1, 0.15) is 37.4 Å². The van der Waals surface area contributed by atoms with Gasteiger partial charge in [0, 0.05) is 29.9 Å². The van der Waals surface area contributed by atoms with E-state index in [4.69, 9.17) is 17.3 Å². The van der Waals surface area contributed by atoms with Crippen molar-refractivity contribution in [2.45, 2.75) is 26.2 Å². The van der Waals surface area contributed by atoms with Crippen LogP contribution in [0.15, 0.2) is 47.3 Å². The molecule has 28 heavy (non-hydrogen) atoms. The van der Waals surface area contributed by atoms with Crippen LogP contribution in [-0.2, 0) is 4.79 Å². The van der Waals surface area contributed by atoms with Gasteiger partial charge in [-0.15, -0.1) is 0 Å². The summed E-state index contributed by atoms with van der Waals surface area (Å²) in [5, 5.41) is 5.50. The number of aromatic nitrogens is 1. The molecule has 148 valence electrons. The van der Waals surface area contributed by atoms with E-state index in [0.717, 1.165) is 11.1 Å². The molecule has 1 aromatic heterocycles. The van der Waals surface area contributed by atoms with Gasteiger partial charge >= 0.3 is 6.03 Å².